The van der Waals surface area contributed by atoms with Gasteiger partial charge < -0.3 is 10.2 Å². The SMILES string of the molecule is CN1CCN(C2CCNCC2)C(c2ccccc2)C1. The van der Waals surface area contributed by atoms with Crippen LogP contribution in [0.4, 0.5) is 0 Å². The predicted molar refractivity (Wildman–Crippen MR) is 79.3 cm³/mol. The molecule has 0 amide bonds. The van der Waals surface area contributed by atoms with Gasteiger partial charge in [-0.05, 0) is 38.5 Å². The first-order valence-electron chi connectivity index (χ1n) is 7.54. The molecule has 1 atom stereocenters. The molecule has 1 aromatic carbocycles. The van der Waals surface area contributed by atoms with Crippen molar-refractivity contribution in [3.05, 3.63) is 35.9 Å². The normalized spacial score (nSPS) is 27.5. The van der Waals surface area contributed by atoms with Crippen molar-refractivity contribution in [1.82, 2.24) is 15.1 Å². The first-order valence-corrected chi connectivity index (χ1v) is 7.54. The Hall–Kier alpha value is -0.900. The number of piperazine rings is 1. The summed E-state index contributed by atoms with van der Waals surface area (Å²) in [5, 5.41) is 3.48. The lowest BCUT2D eigenvalue weighted by Crippen LogP contribution is -2.53. The molecule has 2 heterocycles. The van der Waals surface area contributed by atoms with Gasteiger partial charge >= 0.3 is 0 Å². The fourth-order valence-electron chi connectivity index (χ4n) is 3.48. The second-order valence-corrected chi connectivity index (χ2v) is 5.91. The van der Waals surface area contributed by atoms with Crippen molar-refractivity contribution in [2.24, 2.45) is 0 Å². The van der Waals surface area contributed by atoms with Crippen LogP contribution in [-0.2, 0) is 0 Å². The zero-order valence-electron chi connectivity index (χ0n) is 11.9. The fraction of sp³-hybridized carbons (Fsp3) is 0.625. The van der Waals surface area contributed by atoms with Crippen molar-refractivity contribution >= 4 is 0 Å². The average Bonchev–Trinajstić information content (AvgIpc) is 2.49. The van der Waals surface area contributed by atoms with Crippen LogP contribution in [0.1, 0.15) is 24.4 Å². The van der Waals surface area contributed by atoms with E-state index in [1.807, 2.05) is 0 Å². The van der Waals surface area contributed by atoms with Crippen LogP contribution in [0.2, 0.25) is 0 Å². The molecule has 19 heavy (non-hydrogen) atoms. The van der Waals surface area contributed by atoms with Crippen molar-refractivity contribution in [2.45, 2.75) is 24.9 Å². The second-order valence-electron chi connectivity index (χ2n) is 5.91. The van der Waals surface area contributed by atoms with Crippen molar-refractivity contribution < 1.29 is 0 Å². The molecule has 2 aliphatic heterocycles. The highest BCUT2D eigenvalue weighted by molar-refractivity contribution is 5.20. The number of likely N-dealkylation sites (N-methyl/N-ethyl adjacent to an activating group) is 1. The third-order valence-electron chi connectivity index (χ3n) is 4.59. The molecule has 1 aromatic rings. The fourth-order valence-corrected chi connectivity index (χ4v) is 3.48. The molecule has 3 heteroatoms. The molecule has 0 aromatic heterocycles. The maximum atomic E-state index is 3.48. The maximum Gasteiger partial charge on any atom is 0.0478 e. The van der Waals surface area contributed by atoms with Gasteiger partial charge in [0.05, 0.1) is 0 Å². The van der Waals surface area contributed by atoms with Crippen LogP contribution in [0, 0.1) is 0 Å². The number of hydrogen-bond donors (Lipinski definition) is 1. The minimum absolute atomic E-state index is 0.572. The molecule has 3 rings (SSSR count). The summed E-state index contributed by atoms with van der Waals surface area (Å²) in [5.41, 5.74) is 1.48. The van der Waals surface area contributed by atoms with Crippen LogP contribution >= 0.6 is 0 Å². The van der Waals surface area contributed by atoms with Gasteiger partial charge in [-0.3, -0.25) is 4.90 Å². The summed E-state index contributed by atoms with van der Waals surface area (Å²) in [6, 6.07) is 12.4. The number of nitrogens with zero attached hydrogens (tertiary/aromatic N) is 2. The molecule has 0 radical (unpaired) electrons. The largest absolute Gasteiger partial charge is 0.317 e. The van der Waals surface area contributed by atoms with Gasteiger partial charge in [0.15, 0.2) is 0 Å². The van der Waals surface area contributed by atoms with Gasteiger partial charge in [-0.1, -0.05) is 30.3 Å². The zero-order valence-corrected chi connectivity index (χ0v) is 11.9. The summed E-state index contributed by atoms with van der Waals surface area (Å²) in [4.78, 5) is 5.23. The van der Waals surface area contributed by atoms with Crippen LogP contribution in [0.5, 0.6) is 0 Å². The summed E-state index contributed by atoms with van der Waals surface area (Å²) in [6.07, 6.45) is 2.60. The summed E-state index contributed by atoms with van der Waals surface area (Å²) in [6.45, 7) is 5.93. The molecule has 2 fully saturated rings. The van der Waals surface area contributed by atoms with Gasteiger partial charge in [0.25, 0.3) is 0 Å². The number of hydrogen-bond acceptors (Lipinski definition) is 3. The highest BCUT2D eigenvalue weighted by atomic mass is 15.3. The van der Waals surface area contributed by atoms with Gasteiger partial charge in [-0.15, -0.1) is 0 Å². The van der Waals surface area contributed by atoms with E-state index < -0.39 is 0 Å². The quantitative estimate of drug-likeness (QED) is 0.872. The van der Waals surface area contributed by atoms with E-state index in [1.165, 1.54) is 44.6 Å². The highest BCUT2D eigenvalue weighted by Crippen LogP contribution is 2.29. The minimum Gasteiger partial charge on any atom is -0.317 e. The molecule has 0 bridgehead atoms. The minimum atomic E-state index is 0.572. The van der Waals surface area contributed by atoms with E-state index in [1.54, 1.807) is 0 Å². The number of nitrogens with one attached hydrogen (secondary N) is 1. The molecule has 104 valence electrons. The summed E-state index contributed by atoms with van der Waals surface area (Å²) in [5.74, 6) is 0. The third kappa shape index (κ3) is 2.99. The summed E-state index contributed by atoms with van der Waals surface area (Å²) < 4.78 is 0. The van der Waals surface area contributed by atoms with E-state index in [4.69, 9.17) is 0 Å². The predicted octanol–water partition coefficient (Wildman–Crippen LogP) is 1.73. The molecular formula is C16H25N3. The first-order chi connectivity index (χ1) is 9.34. The van der Waals surface area contributed by atoms with Gasteiger partial charge in [0.2, 0.25) is 0 Å². The van der Waals surface area contributed by atoms with Crippen LogP contribution in [0.15, 0.2) is 30.3 Å². The Bertz CT molecular complexity index is 386. The molecule has 0 aliphatic carbocycles. The zero-order chi connectivity index (χ0) is 13.1. The Kier molecular flexibility index (Phi) is 4.16. The van der Waals surface area contributed by atoms with E-state index in [9.17, 15) is 0 Å². The average molecular weight is 259 g/mol. The van der Waals surface area contributed by atoms with Gasteiger partial charge in [0.1, 0.15) is 0 Å². The highest BCUT2D eigenvalue weighted by Gasteiger charge is 2.32. The van der Waals surface area contributed by atoms with Crippen molar-refractivity contribution in [3.8, 4) is 0 Å². The molecule has 2 saturated heterocycles. The van der Waals surface area contributed by atoms with Crippen molar-refractivity contribution in [3.63, 3.8) is 0 Å². The standard InChI is InChI=1S/C16H25N3/c1-18-11-12-19(15-7-9-17-10-8-15)16(13-18)14-5-3-2-4-6-14/h2-6,15-17H,7-13H2,1H3. The monoisotopic (exact) mass is 259 g/mol. The molecule has 1 N–H and O–H groups in total. The Morgan fingerprint density at radius 3 is 2.53 bits per heavy atom. The van der Waals surface area contributed by atoms with E-state index in [0.717, 1.165) is 12.6 Å². The maximum absolute atomic E-state index is 3.48. The van der Waals surface area contributed by atoms with E-state index >= 15 is 0 Å². The van der Waals surface area contributed by atoms with E-state index in [-0.39, 0.29) is 0 Å². The Morgan fingerprint density at radius 1 is 1.05 bits per heavy atom. The van der Waals surface area contributed by atoms with Crippen LogP contribution in [0.25, 0.3) is 0 Å². The Balaban J connectivity index is 1.79. The Labute approximate surface area is 116 Å². The lowest BCUT2D eigenvalue weighted by Gasteiger charge is -2.45. The van der Waals surface area contributed by atoms with Gasteiger partial charge in [0, 0.05) is 31.7 Å². The number of piperidine rings is 1. The van der Waals surface area contributed by atoms with Gasteiger partial charge in [-0.2, -0.15) is 0 Å². The Morgan fingerprint density at radius 2 is 1.79 bits per heavy atom. The van der Waals surface area contributed by atoms with E-state index in [0.29, 0.717) is 6.04 Å². The number of benzene rings is 1. The smallest absolute Gasteiger partial charge is 0.0478 e. The third-order valence-corrected chi connectivity index (χ3v) is 4.59. The summed E-state index contributed by atoms with van der Waals surface area (Å²) >= 11 is 0. The number of rotatable bonds is 2. The lowest BCUT2D eigenvalue weighted by molar-refractivity contribution is 0.0391. The molecule has 2 aliphatic rings. The molecule has 3 nitrogen and oxygen atoms in total. The second kappa shape index (κ2) is 6.04. The lowest BCUT2D eigenvalue weighted by atomic mass is 9.96. The molecule has 0 spiro atoms. The van der Waals surface area contributed by atoms with E-state index in [2.05, 4.69) is 52.5 Å². The van der Waals surface area contributed by atoms with Gasteiger partial charge in [-0.25, -0.2) is 0 Å². The van der Waals surface area contributed by atoms with Crippen molar-refractivity contribution in [1.29, 1.82) is 0 Å². The van der Waals surface area contributed by atoms with Crippen LogP contribution in [-0.4, -0.2) is 55.6 Å². The molecule has 0 saturated carbocycles. The molecule has 1 unspecified atom stereocenters. The topological polar surface area (TPSA) is 18.5 Å². The summed E-state index contributed by atoms with van der Waals surface area (Å²) in [7, 11) is 2.25. The van der Waals surface area contributed by atoms with Crippen molar-refractivity contribution in [2.75, 3.05) is 39.8 Å². The first kappa shape index (κ1) is 13.1. The molecular weight excluding hydrogens is 234 g/mol. The van der Waals surface area contributed by atoms with Crippen LogP contribution in [0.3, 0.4) is 0 Å². The van der Waals surface area contributed by atoms with Crippen LogP contribution < -0.4 is 5.32 Å².